The summed E-state index contributed by atoms with van der Waals surface area (Å²) in [5.74, 6) is -1.35. The first-order valence-electron chi connectivity index (χ1n) is 39.7. The van der Waals surface area contributed by atoms with E-state index in [-0.39, 0.29) is 25.7 Å². The van der Waals surface area contributed by atoms with Gasteiger partial charge in [-0.1, -0.05) is 349 Å². The molecule has 0 saturated heterocycles. The molecule has 0 rings (SSSR count). The van der Waals surface area contributed by atoms with E-state index in [1.165, 1.54) is 212 Å². The third-order valence-electron chi connectivity index (χ3n) is 18.1. The Morgan fingerprint density at radius 3 is 0.747 bits per heavy atom. The van der Waals surface area contributed by atoms with Gasteiger partial charge in [-0.2, -0.15) is 0 Å². The topological polar surface area (TPSA) is 237 Å². The average Bonchev–Trinajstić information content (AvgIpc) is 3.14. The molecule has 0 aliphatic carbocycles. The van der Waals surface area contributed by atoms with E-state index in [1.807, 2.05) is 0 Å². The predicted molar refractivity (Wildman–Crippen MR) is 386 cm³/mol. The van der Waals surface area contributed by atoms with Gasteiger partial charge in [0, 0.05) is 25.7 Å². The van der Waals surface area contributed by atoms with Crippen molar-refractivity contribution in [3.8, 4) is 0 Å². The van der Waals surface area contributed by atoms with Crippen LogP contribution in [0.5, 0.6) is 0 Å². The molecule has 0 aromatic rings. The minimum atomic E-state index is -4.96. The molecule has 0 amide bonds. The van der Waals surface area contributed by atoms with Crippen LogP contribution in [-0.4, -0.2) is 96.7 Å². The van der Waals surface area contributed by atoms with Gasteiger partial charge in [-0.05, 0) is 31.6 Å². The highest BCUT2D eigenvalue weighted by atomic mass is 31.2. The Morgan fingerprint density at radius 1 is 0.295 bits per heavy atom. The van der Waals surface area contributed by atoms with Crippen molar-refractivity contribution in [1.29, 1.82) is 0 Å². The van der Waals surface area contributed by atoms with Gasteiger partial charge in [0.1, 0.15) is 19.3 Å². The molecule has 0 fully saturated rings. The SMILES string of the molecule is CCCCCCCCCCCCCCCCCCCCCC(=O)O[C@H](COC(=O)CCCCCCCCCCCCCCCCCCC)COP(=O)(O)OC[C@@H](O)COP(=O)(O)OC[C@@H](COC(=O)CCCCCCCCC)OC(=O)CCCCCCCCCCC(C)CC. The van der Waals surface area contributed by atoms with Crippen molar-refractivity contribution in [3.63, 3.8) is 0 Å². The first kappa shape index (κ1) is 93.1. The third kappa shape index (κ3) is 69.0. The summed E-state index contributed by atoms with van der Waals surface area (Å²) in [5.41, 5.74) is 0. The molecule has 0 spiro atoms. The molecule has 17 nitrogen and oxygen atoms in total. The quantitative estimate of drug-likeness (QED) is 0.0222. The normalized spacial score (nSPS) is 14.2. The summed E-state index contributed by atoms with van der Waals surface area (Å²) in [6.45, 7) is 7.25. The van der Waals surface area contributed by atoms with Gasteiger partial charge in [-0.15, -0.1) is 0 Å². The Labute approximate surface area is 581 Å². The van der Waals surface area contributed by atoms with Crippen LogP contribution < -0.4 is 0 Å². The van der Waals surface area contributed by atoms with Crippen molar-refractivity contribution < 1.29 is 80.2 Å². The molecule has 0 aromatic heterocycles. The number of hydrogen-bond acceptors (Lipinski definition) is 15. The fourth-order valence-corrected chi connectivity index (χ4v) is 13.3. The number of aliphatic hydroxyl groups excluding tert-OH is 1. The molecule has 3 N–H and O–H groups in total. The number of carbonyl (C=O) groups excluding carboxylic acids is 4. The van der Waals surface area contributed by atoms with Crippen molar-refractivity contribution in [2.75, 3.05) is 39.6 Å². The summed E-state index contributed by atoms with van der Waals surface area (Å²) in [6, 6.07) is 0. The second kappa shape index (κ2) is 69.2. The lowest BCUT2D eigenvalue weighted by atomic mass is 9.99. The molecule has 95 heavy (non-hydrogen) atoms. The summed E-state index contributed by atoms with van der Waals surface area (Å²) in [5, 5.41) is 10.6. The Kier molecular flexibility index (Phi) is 67.7. The van der Waals surface area contributed by atoms with E-state index >= 15 is 0 Å². The summed E-state index contributed by atoms with van der Waals surface area (Å²) < 4.78 is 68.4. The van der Waals surface area contributed by atoms with Crippen LogP contribution in [0.1, 0.15) is 401 Å². The first-order chi connectivity index (χ1) is 46.1. The lowest BCUT2D eigenvalue weighted by molar-refractivity contribution is -0.161. The molecule has 0 saturated carbocycles. The molecule has 0 aliphatic rings. The monoisotopic (exact) mass is 1400 g/mol. The van der Waals surface area contributed by atoms with Crippen molar-refractivity contribution in [2.45, 2.75) is 419 Å². The number of ether oxygens (including phenoxy) is 4. The number of aliphatic hydroxyl groups is 1. The summed E-state index contributed by atoms with van der Waals surface area (Å²) in [7, 11) is -9.90. The van der Waals surface area contributed by atoms with Crippen LogP contribution in [0.15, 0.2) is 0 Å². The third-order valence-corrected chi connectivity index (χ3v) is 20.0. The molecular formula is C76H148O17P2. The number of carbonyl (C=O) groups is 4. The van der Waals surface area contributed by atoms with Crippen molar-refractivity contribution in [2.24, 2.45) is 5.92 Å². The standard InChI is InChI=1S/C76H148O17P2/c1-6-10-13-16-19-21-23-25-27-29-30-32-34-36-38-40-46-51-56-61-75(80)92-72(66-87-74(79)60-55-50-45-39-37-35-33-31-28-26-24-22-20-17-14-11-7-2)68-91-95(84,85)89-64-70(77)63-88-94(82,83)90-67-71(65-86-73(78)59-54-49-43-18-15-12-8-3)93-76(81)62-57-52-47-42-41-44-48-53-58-69(5)9-4/h69-72,77H,6-68H2,1-5H3,(H,82,83)(H,84,85)/t69?,70-,71+,72+/m0/s1. The zero-order chi connectivity index (χ0) is 69.8. The van der Waals surface area contributed by atoms with E-state index < -0.39 is 97.5 Å². The van der Waals surface area contributed by atoms with Crippen LogP contribution in [0, 0.1) is 5.92 Å². The second-order valence-electron chi connectivity index (χ2n) is 27.6. The lowest BCUT2D eigenvalue weighted by Gasteiger charge is -2.21. The van der Waals surface area contributed by atoms with Gasteiger partial charge >= 0.3 is 39.5 Å². The van der Waals surface area contributed by atoms with Crippen molar-refractivity contribution in [3.05, 3.63) is 0 Å². The highest BCUT2D eigenvalue weighted by Crippen LogP contribution is 2.45. The van der Waals surface area contributed by atoms with Gasteiger partial charge in [-0.3, -0.25) is 37.3 Å². The highest BCUT2D eigenvalue weighted by molar-refractivity contribution is 7.47. The average molecular weight is 1400 g/mol. The molecule has 0 radical (unpaired) electrons. The molecule has 6 atom stereocenters. The Hall–Kier alpha value is -1.94. The first-order valence-corrected chi connectivity index (χ1v) is 42.7. The van der Waals surface area contributed by atoms with Crippen LogP contribution in [0.4, 0.5) is 0 Å². The number of esters is 4. The lowest BCUT2D eigenvalue weighted by Crippen LogP contribution is -2.30. The Balaban J connectivity index is 5.18. The number of phosphoric acid groups is 2. The maximum absolute atomic E-state index is 13.1. The summed E-state index contributed by atoms with van der Waals surface area (Å²) in [4.78, 5) is 72.7. The molecule has 3 unspecified atom stereocenters. The number of unbranched alkanes of at least 4 members (excludes halogenated alkanes) is 47. The van der Waals surface area contributed by atoms with Crippen LogP contribution in [0.3, 0.4) is 0 Å². The van der Waals surface area contributed by atoms with E-state index in [0.717, 1.165) is 109 Å². The zero-order valence-electron chi connectivity index (χ0n) is 61.8. The summed E-state index contributed by atoms with van der Waals surface area (Å²) in [6.07, 6.45) is 58.4. The van der Waals surface area contributed by atoms with Crippen molar-refractivity contribution >= 4 is 39.5 Å². The van der Waals surface area contributed by atoms with Crippen molar-refractivity contribution in [1.82, 2.24) is 0 Å². The number of hydrogen-bond donors (Lipinski definition) is 3. The molecule has 0 aliphatic heterocycles. The van der Waals surface area contributed by atoms with Gasteiger partial charge in [0.15, 0.2) is 12.2 Å². The maximum atomic E-state index is 13.1. The van der Waals surface area contributed by atoms with E-state index in [1.54, 1.807) is 0 Å². The molecule has 564 valence electrons. The van der Waals surface area contributed by atoms with Crippen LogP contribution in [0.25, 0.3) is 0 Å². The maximum Gasteiger partial charge on any atom is 0.472 e. The number of phosphoric ester groups is 2. The Morgan fingerprint density at radius 2 is 0.505 bits per heavy atom. The van der Waals surface area contributed by atoms with E-state index in [4.69, 9.17) is 37.0 Å². The van der Waals surface area contributed by atoms with Crippen LogP contribution >= 0.6 is 15.6 Å². The van der Waals surface area contributed by atoms with Gasteiger partial charge in [0.05, 0.1) is 26.4 Å². The van der Waals surface area contributed by atoms with Gasteiger partial charge in [0.2, 0.25) is 0 Å². The fraction of sp³-hybridized carbons (Fsp3) is 0.947. The predicted octanol–water partition coefficient (Wildman–Crippen LogP) is 22.5. The largest absolute Gasteiger partial charge is 0.472 e. The van der Waals surface area contributed by atoms with Gasteiger partial charge < -0.3 is 33.8 Å². The second-order valence-corrected chi connectivity index (χ2v) is 30.5. The van der Waals surface area contributed by atoms with E-state index in [0.29, 0.717) is 25.7 Å². The molecule has 0 heterocycles. The van der Waals surface area contributed by atoms with Gasteiger partial charge in [-0.25, -0.2) is 9.13 Å². The molecule has 0 aromatic carbocycles. The molecule has 0 bridgehead atoms. The molecular weight excluding hydrogens is 1250 g/mol. The van der Waals surface area contributed by atoms with E-state index in [9.17, 15) is 43.2 Å². The summed E-state index contributed by atoms with van der Waals surface area (Å²) >= 11 is 0. The fourth-order valence-electron chi connectivity index (χ4n) is 11.7. The van der Waals surface area contributed by atoms with Crippen LogP contribution in [0.2, 0.25) is 0 Å². The Bertz CT molecular complexity index is 1820. The smallest absolute Gasteiger partial charge is 0.462 e. The van der Waals surface area contributed by atoms with E-state index in [2.05, 4.69) is 34.6 Å². The zero-order valence-corrected chi connectivity index (χ0v) is 63.6. The minimum absolute atomic E-state index is 0.105. The highest BCUT2D eigenvalue weighted by Gasteiger charge is 2.30. The number of rotatable bonds is 76. The van der Waals surface area contributed by atoms with Crippen LogP contribution in [-0.2, 0) is 65.4 Å². The molecule has 19 heteroatoms. The minimum Gasteiger partial charge on any atom is -0.462 e. The van der Waals surface area contributed by atoms with Gasteiger partial charge in [0.25, 0.3) is 0 Å².